The molecule has 29 heavy (non-hydrogen) atoms. The second-order valence-electron chi connectivity index (χ2n) is 7.02. The Morgan fingerprint density at radius 3 is 2.59 bits per heavy atom. The molecule has 1 fully saturated rings. The number of hydrogen-bond donors (Lipinski definition) is 2. The largest absolute Gasteiger partial charge is 0.478 e. The highest BCUT2D eigenvalue weighted by molar-refractivity contribution is 6.06. The van der Waals surface area contributed by atoms with Gasteiger partial charge in [-0.25, -0.2) is 4.39 Å². The SMILES string of the molecule is C[C@H](Oc1ccccc1F)C(=O)NNC(=O)c1cc(C2CC2)nc2ccccc12. The zero-order valence-electron chi connectivity index (χ0n) is 15.8. The van der Waals surface area contributed by atoms with Crippen LogP contribution in [0.3, 0.4) is 0 Å². The van der Waals surface area contributed by atoms with Crippen LogP contribution >= 0.6 is 0 Å². The van der Waals surface area contributed by atoms with Gasteiger partial charge in [0.05, 0.1) is 11.1 Å². The lowest BCUT2D eigenvalue weighted by atomic mass is 10.1. The lowest BCUT2D eigenvalue weighted by molar-refractivity contribution is -0.128. The number of nitrogens with one attached hydrogen (secondary N) is 2. The molecule has 148 valence electrons. The molecule has 2 amide bonds. The molecule has 2 N–H and O–H groups in total. The fourth-order valence-electron chi connectivity index (χ4n) is 3.04. The van der Waals surface area contributed by atoms with E-state index in [1.165, 1.54) is 25.1 Å². The maximum absolute atomic E-state index is 13.7. The highest BCUT2D eigenvalue weighted by Gasteiger charge is 2.27. The van der Waals surface area contributed by atoms with Crippen LogP contribution in [-0.4, -0.2) is 22.9 Å². The average molecular weight is 393 g/mol. The molecule has 0 spiro atoms. The predicted octanol–water partition coefficient (Wildman–Crippen LogP) is 3.48. The van der Waals surface area contributed by atoms with Gasteiger partial charge in [-0.15, -0.1) is 0 Å². The molecule has 0 aliphatic heterocycles. The molecule has 1 heterocycles. The molecular weight excluding hydrogens is 373 g/mol. The van der Waals surface area contributed by atoms with Crippen LogP contribution in [0.4, 0.5) is 4.39 Å². The zero-order chi connectivity index (χ0) is 20.4. The highest BCUT2D eigenvalue weighted by atomic mass is 19.1. The molecule has 1 atom stereocenters. The lowest BCUT2D eigenvalue weighted by Gasteiger charge is -2.16. The zero-order valence-corrected chi connectivity index (χ0v) is 15.8. The molecule has 0 bridgehead atoms. The molecule has 2 aromatic carbocycles. The van der Waals surface area contributed by atoms with Crippen molar-refractivity contribution < 1.29 is 18.7 Å². The number of pyridine rings is 1. The van der Waals surface area contributed by atoms with E-state index in [0.717, 1.165) is 24.1 Å². The molecule has 4 rings (SSSR count). The summed E-state index contributed by atoms with van der Waals surface area (Å²) in [4.78, 5) is 29.6. The van der Waals surface area contributed by atoms with Gasteiger partial charge in [0.25, 0.3) is 11.8 Å². The van der Waals surface area contributed by atoms with Crippen LogP contribution in [0.25, 0.3) is 10.9 Å². The Hall–Kier alpha value is -3.48. The maximum atomic E-state index is 13.7. The number of aromatic nitrogens is 1. The molecule has 1 saturated carbocycles. The summed E-state index contributed by atoms with van der Waals surface area (Å²) >= 11 is 0. The van der Waals surface area contributed by atoms with Gasteiger partial charge in [-0.05, 0) is 44.0 Å². The van der Waals surface area contributed by atoms with Crippen LogP contribution in [0.2, 0.25) is 0 Å². The fraction of sp³-hybridized carbons (Fsp3) is 0.227. The number of nitrogens with zero attached hydrogens (tertiary/aromatic N) is 1. The average Bonchev–Trinajstić information content (AvgIpc) is 3.58. The quantitative estimate of drug-likeness (QED) is 0.651. The number of rotatable bonds is 5. The number of hydrazine groups is 1. The molecule has 0 saturated heterocycles. The number of ether oxygens (including phenoxy) is 1. The van der Waals surface area contributed by atoms with E-state index in [4.69, 9.17) is 4.74 Å². The number of amides is 2. The van der Waals surface area contributed by atoms with E-state index in [0.29, 0.717) is 16.9 Å². The van der Waals surface area contributed by atoms with Gasteiger partial charge >= 0.3 is 0 Å². The number of halogens is 1. The van der Waals surface area contributed by atoms with Gasteiger partial charge in [-0.3, -0.25) is 25.4 Å². The van der Waals surface area contributed by atoms with Crippen LogP contribution in [0.5, 0.6) is 5.75 Å². The molecule has 3 aromatic rings. The first-order valence-corrected chi connectivity index (χ1v) is 9.44. The van der Waals surface area contributed by atoms with Gasteiger partial charge in [0, 0.05) is 17.0 Å². The van der Waals surface area contributed by atoms with Gasteiger partial charge < -0.3 is 4.74 Å². The van der Waals surface area contributed by atoms with E-state index in [1.807, 2.05) is 24.3 Å². The van der Waals surface area contributed by atoms with Crippen LogP contribution in [0, 0.1) is 5.82 Å². The molecular formula is C22H20FN3O3. The van der Waals surface area contributed by atoms with Crippen molar-refractivity contribution in [3.63, 3.8) is 0 Å². The lowest BCUT2D eigenvalue weighted by Crippen LogP contribution is -2.47. The minimum Gasteiger partial charge on any atom is -0.478 e. The Labute approximate surface area is 167 Å². The van der Waals surface area contributed by atoms with Crippen molar-refractivity contribution in [1.29, 1.82) is 0 Å². The normalized spacial score (nSPS) is 14.3. The summed E-state index contributed by atoms with van der Waals surface area (Å²) in [5.41, 5.74) is 6.83. The van der Waals surface area contributed by atoms with E-state index in [2.05, 4.69) is 15.8 Å². The van der Waals surface area contributed by atoms with Gasteiger partial charge in [0.15, 0.2) is 17.7 Å². The van der Waals surface area contributed by atoms with Crippen LogP contribution in [-0.2, 0) is 4.79 Å². The maximum Gasteiger partial charge on any atom is 0.279 e. The van der Waals surface area contributed by atoms with E-state index in [1.54, 1.807) is 12.1 Å². The number of carbonyl (C=O) groups excluding carboxylic acids is 2. The number of fused-ring (bicyclic) bond motifs is 1. The first-order valence-electron chi connectivity index (χ1n) is 9.44. The Morgan fingerprint density at radius 1 is 1.10 bits per heavy atom. The predicted molar refractivity (Wildman–Crippen MR) is 106 cm³/mol. The summed E-state index contributed by atoms with van der Waals surface area (Å²) in [6, 6.07) is 15.0. The van der Waals surface area contributed by atoms with Crippen LogP contribution in [0.15, 0.2) is 54.6 Å². The van der Waals surface area contributed by atoms with E-state index >= 15 is 0 Å². The third-order valence-corrected chi connectivity index (χ3v) is 4.79. The second-order valence-corrected chi connectivity index (χ2v) is 7.02. The van der Waals surface area contributed by atoms with E-state index in [-0.39, 0.29) is 5.75 Å². The third kappa shape index (κ3) is 4.18. The molecule has 7 heteroatoms. The monoisotopic (exact) mass is 393 g/mol. The summed E-state index contributed by atoms with van der Waals surface area (Å²) in [5, 5.41) is 0.708. The topological polar surface area (TPSA) is 80.3 Å². The summed E-state index contributed by atoms with van der Waals surface area (Å²) in [5.74, 6) is -1.25. The van der Waals surface area contributed by atoms with Crippen LogP contribution in [0.1, 0.15) is 41.7 Å². The highest BCUT2D eigenvalue weighted by Crippen LogP contribution is 2.40. The smallest absolute Gasteiger partial charge is 0.279 e. The minimum absolute atomic E-state index is 0.0318. The molecule has 1 aromatic heterocycles. The number of benzene rings is 2. The summed E-state index contributed by atoms with van der Waals surface area (Å²) in [6.07, 6.45) is 1.13. The molecule has 0 radical (unpaired) electrons. The van der Waals surface area contributed by atoms with Gasteiger partial charge in [-0.1, -0.05) is 30.3 Å². The van der Waals surface area contributed by atoms with Crippen molar-refractivity contribution in [1.82, 2.24) is 15.8 Å². The number of carbonyl (C=O) groups is 2. The summed E-state index contributed by atoms with van der Waals surface area (Å²) < 4.78 is 19.0. The van der Waals surface area contributed by atoms with Crippen molar-refractivity contribution in [2.45, 2.75) is 31.8 Å². The Bertz CT molecular complexity index is 1080. The standard InChI is InChI=1S/C22H20FN3O3/c1-13(29-20-9-5-3-7-17(20)23)21(27)25-26-22(28)16-12-19(14-10-11-14)24-18-8-4-2-6-15(16)18/h2-9,12-14H,10-11H2,1H3,(H,25,27)(H,26,28)/t13-/m0/s1. The van der Waals surface area contributed by atoms with Crippen molar-refractivity contribution in [3.05, 3.63) is 71.7 Å². The van der Waals surface area contributed by atoms with Crippen LogP contribution < -0.4 is 15.6 Å². The van der Waals surface area contributed by atoms with Crippen molar-refractivity contribution in [2.75, 3.05) is 0 Å². The molecule has 1 aliphatic rings. The molecule has 6 nitrogen and oxygen atoms in total. The summed E-state index contributed by atoms with van der Waals surface area (Å²) in [7, 11) is 0. The fourth-order valence-corrected chi connectivity index (χ4v) is 3.04. The third-order valence-electron chi connectivity index (χ3n) is 4.79. The minimum atomic E-state index is -0.997. The number of hydrogen-bond acceptors (Lipinski definition) is 4. The second kappa shape index (κ2) is 7.87. The van der Waals surface area contributed by atoms with Crippen molar-refractivity contribution in [3.8, 4) is 5.75 Å². The van der Waals surface area contributed by atoms with E-state index < -0.39 is 23.7 Å². The van der Waals surface area contributed by atoms with E-state index in [9.17, 15) is 14.0 Å². The van der Waals surface area contributed by atoms with Crippen molar-refractivity contribution in [2.24, 2.45) is 0 Å². The Kier molecular flexibility index (Phi) is 5.12. The first-order chi connectivity index (χ1) is 14.0. The molecule has 1 aliphatic carbocycles. The first kappa shape index (κ1) is 18.9. The Balaban J connectivity index is 1.45. The molecule has 0 unspecified atom stereocenters. The van der Waals surface area contributed by atoms with Gasteiger partial charge in [0.1, 0.15) is 0 Å². The van der Waals surface area contributed by atoms with Gasteiger partial charge in [0.2, 0.25) is 0 Å². The van der Waals surface area contributed by atoms with Gasteiger partial charge in [-0.2, -0.15) is 0 Å². The Morgan fingerprint density at radius 2 is 1.83 bits per heavy atom. The summed E-state index contributed by atoms with van der Waals surface area (Å²) in [6.45, 7) is 1.47. The van der Waals surface area contributed by atoms with Crippen molar-refractivity contribution >= 4 is 22.7 Å². The number of para-hydroxylation sites is 2.